The molecule has 2 rings (SSSR count). The number of carbonyl (C=O) groups is 2. The number of benzene rings is 1. The van der Waals surface area contributed by atoms with Crippen LogP contribution < -0.4 is 22.1 Å². The minimum atomic E-state index is -1.06. The zero-order chi connectivity index (χ0) is 22.3. The van der Waals surface area contributed by atoms with Crippen LogP contribution in [0, 0.1) is 17.6 Å². The van der Waals surface area contributed by atoms with E-state index in [2.05, 4.69) is 15.6 Å². The largest absolute Gasteiger partial charge is 0.384 e. The molecular formula is C21H27F2N5O2. The molecule has 0 fully saturated rings. The van der Waals surface area contributed by atoms with E-state index < -0.39 is 35.5 Å². The predicted octanol–water partition coefficient (Wildman–Crippen LogP) is 1.66. The number of anilines is 1. The molecule has 0 spiro atoms. The van der Waals surface area contributed by atoms with Gasteiger partial charge in [0.2, 0.25) is 11.8 Å². The summed E-state index contributed by atoms with van der Waals surface area (Å²) in [5.74, 6) is -2.29. The van der Waals surface area contributed by atoms with Crippen molar-refractivity contribution in [2.45, 2.75) is 45.3 Å². The van der Waals surface area contributed by atoms with Gasteiger partial charge in [0, 0.05) is 25.2 Å². The van der Waals surface area contributed by atoms with Gasteiger partial charge in [0.15, 0.2) is 0 Å². The number of nitrogen functional groups attached to an aromatic ring is 1. The summed E-state index contributed by atoms with van der Waals surface area (Å²) in [5.41, 5.74) is 12.4. The van der Waals surface area contributed by atoms with Gasteiger partial charge in [0.1, 0.15) is 23.5 Å². The molecule has 0 aliphatic rings. The highest BCUT2D eigenvalue weighted by Crippen LogP contribution is 2.12. The van der Waals surface area contributed by atoms with Crippen LogP contribution in [0.25, 0.3) is 0 Å². The van der Waals surface area contributed by atoms with Crippen LogP contribution in [0.2, 0.25) is 0 Å². The minimum Gasteiger partial charge on any atom is -0.384 e. The fraction of sp³-hybridized carbons (Fsp3) is 0.381. The Kier molecular flexibility index (Phi) is 8.23. The highest BCUT2D eigenvalue weighted by Gasteiger charge is 2.26. The second-order valence-corrected chi connectivity index (χ2v) is 7.26. The van der Waals surface area contributed by atoms with Crippen molar-refractivity contribution in [3.8, 4) is 0 Å². The molecule has 1 aromatic heterocycles. The van der Waals surface area contributed by atoms with Gasteiger partial charge in [-0.2, -0.15) is 0 Å². The first-order chi connectivity index (χ1) is 14.2. The van der Waals surface area contributed by atoms with Gasteiger partial charge in [-0.3, -0.25) is 9.59 Å². The molecule has 0 radical (unpaired) electrons. The van der Waals surface area contributed by atoms with E-state index in [4.69, 9.17) is 11.5 Å². The number of nitrogens with two attached hydrogens (primary N) is 2. The quantitative estimate of drug-likeness (QED) is 0.492. The van der Waals surface area contributed by atoms with E-state index in [9.17, 15) is 18.4 Å². The fourth-order valence-electron chi connectivity index (χ4n) is 2.81. The first-order valence-corrected chi connectivity index (χ1v) is 9.68. The Morgan fingerprint density at radius 2 is 1.77 bits per heavy atom. The first-order valence-electron chi connectivity index (χ1n) is 9.68. The van der Waals surface area contributed by atoms with Crippen LogP contribution >= 0.6 is 0 Å². The zero-order valence-electron chi connectivity index (χ0n) is 17.0. The van der Waals surface area contributed by atoms with E-state index in [-0.39, 0.29) is 24.4 Å². The molecule has 0 bridgehead atoms. The Balaban J connectivity index is 2.14. The zero-order valence-corrected chi connectivity index (χ0v) is 17.0. The molecule has 2 amide bonds. The van der Waals surface area contributed by atoms with Crippen molar-refractivity contribution < 1.29 is 18.4 Å². The van der Waals surface area contributed by atoms with E-state index in [0.29, 0.717) is 17.8 Å². The molecule has 0 saturated carbocycles. The maximum absolute atomic E-state index is 13.6. The molecule has 1 heterocycles. The molecule has 9 heteroatoms. The molecule has 30 heavy (non-hydrogen) atoms. The van der Waals surface area contributed by atoms with Crippen molar-refractivity contribution in [1.82, 2.24) is 15.6 Å². The molecule has 0 saturated heterocycles. The maximum Gasteiger partial charge on any atom is 0.243 e. The summed E-state index contributed by atoms with van der Waals surface area (Å²) >= 11 is 0. The monoisotopic (exact) mass is 419 g/mol. The number of aromatic nitrogens is 1. The number of hydrogen-bond donors (Lipinski definition) is 4. The summed E-state index contributed by atoms with van der Waals surface area (Å²) in [6.07, 6.45) is 2.11. The number of pyridine rings is 1. The standard InChI is InChI=1S/C21H27F2N5O2/c1-3-12(2)19(25)21(30)28-17(8-14-6-15(22)9-16(23)7-14)20(29)27-11-13-4-5-18(24)26-10-13/h4-7,9-10,12,17,19H,3,8,11,25H2,1-2H3,(H2,24,26)(H,27,29)(H,28,30)/t12?,17-,19+/m1/s1. The topological polar surface area (TPSA) is 123 Å². The van der Waals surface area contributed by atoms with Gasteiger partial charge in [0.25, 0.3) is 0 Å². The van der Waals surface area contributed by atoms with Crippen molar-refractivity contribution in [3.63, 3.8) is 0 Å². The second kappa shape index (κ2) is 10.6. The third kappa shape index (κ3) is 6.77. The van der Waals surface area contributed by atoms with Gasteiger partial charge in [-0.25, -0.2) is 13.8 Å². The van der Waals surface area contributed by atoms with Crippen molar-refractivity contribution in [3.05, 3.63) is 59.3 Å². The van der Waals surface area contributed by atoms with Crippen LogP contribution in [-0.4, -0.2) is 28.9 Å². The Morgan fingerprint density at radius 3 is 2.33 bits per heavy atom. The van der Waals surface area contributed by atoms with E-state index in [0.717, 1.165) is 18.2 Å². The molecule has 162 valence electrons. The highest BCUT2D eigenvalue weighted by molar-refractivity contribution is 5.90. The lowest BCUT2D eigenvalue weighted by atomic mass is 9.98. The van der Waals surface area contributed by atoms with Gasteiger partial charge >= 0.3 is 0 Å². The molecule has 6 N–H and O–H groups in total. The smallest absolute Gasteiger partial charge is 0.243 e. The SMILES string of the molecule is CCC(C)[C@H](N)C(=O)N[C@H](Cc1cc(F)cc(F)c1)C(=O)NCc1ccc(N)nc1. The Hall–Kier alpha value is -3.07. The van der Waals surface area contributed by atoms with Crippen molar-refractivity contribution in [1.29, 1.82) is 0 Å². The first kappa shape index (κ1) is 23.2. The summed E-state index contributed by atoms with van der Waals surface area (Å²) in [7, 11) is 0. The van der Waals surface area contributed by atoms with E-state index in [1.54, 1.807) is 12.1 Å². The Bertz CT molecular complexity index is 856. The van der Waals surface area contributed by atoms with Crippen molar-refractivity contribution in [2.24, 2.45) is 11.7 Å². The number of nitrogens with zero attached hydrogens (tertiary/aromatic N) is 1. The minimum absolute atomic E-state index is 0.0961. The lowest BCUT2D eigenvalue weighted by Crippen LogP contribution is -2.53. The molecule has 0 aliphatic carbocycles. The average molecular weight is 419 g/mol. The predicted molar refractivity (Wildman–Crippen MR) is 110 cm³/mol. The number of amides is 2. The summed E-state index contributed by atoms with van der Waals surface area (Å²) in [6, 6.07) is 4.41. The molecule has 1 aromatic carbocycles. The molecule has 0 aliphatic heterocycles. The lowest BCUT2D eigenvalue weighted by molar-refractivity contribution is -0.130. The van der Waals surface area contributed by atoms with E-state index >= 15 is 0 Å². The van der Waals surface area contributed by atoms with Crippen LogP contribution in [0.5, 0.6) is 0 Å². The number of rotatable bonds is 9. The lowest BCUT2D eigenvalue weighted by Gasteiger charge is -2.23. The molecule has 7 nitrogen and oxygen atoms in total. The maximum atomic E-state index is 13.6. The number of hydrogen-bond acceptors (Lipinski definition) is 5. The molecule has 3 atom stereocenters. The van der Waals surface area contributed by atoms with Crippen LogP contribution in [0.15, 0.2) is 36.5 Å². The van der Waals surface area contributed by atoms with Gasteiger partial charge in [-0.05, 0) is 35.2 Å². The van der Waals surface area contributed by atoms with Gasteiger partial charge in [-0.1, -0.05) is 26.3 Å². The summed E-state index contributed by atoms with van der Waals surface area (Å²) in [6.45, 7) is 3.88. The summed E-state index contributed by atoms with van der Waals surface area (Å²) in [5, 5.41) is 5.30. The van der Waals surface area contributed by atoms with Crippen LogP contribution in [0.3, 0.4) is 0 Å². The van der Waals surface area contributed by atoms with Gasteiger partial charge < -0.3 is 22.1 Å². The molecule has 2 aromatic rings. The van der Waals surface area contributed by atoms with Gasteiger partial charge in [-0.15, -0.1) is 0 Å². The Morgan fingerprint density at radius 1 is 1.10 bits per heavy atom. The molecule has 1 unspecified atom stereocenters. The highest BCUT2D eigenvalue weighted by atomic mass is 19.1. The van der Waals surface area contributed by atoms with Gasteiger partial charge in [0.05, 0.1) is 6.04 Å². The number of carbonyl (C=O) groups excluding carboxylic acids is 2. The van der Waals surface area contributed by atoms with Crippen LogP contribution in [0.4, 0.5) is 14.6 Å². The van der Waals surface area contributed by atoms with Crippen LogP contribution in [0.1, 0.15) is 31.4 Å². The van der Waals surface area contributed by atoms with Crippen molar-refractivity contribution in [2.75, 3.05) is 5.73 Å². The van der Waals surface area contributed by atoms with Crippen molar-refractivity contribution >= 4 is 17.6 Å². The summed E-state index contributed by atoms with van der Waals surface area (Å²) in [4.78, 5) is 29.2. The average Bonchev–Trinajstić information content (AvgIpc) is 2.70. The number of halogens is 2. The van der Waals surface area contributed by atoms with E-state index in [1.165, 1.54) is 6.20 Å². The normalized spacial score (nSPS) is 13.9. The third-order valence-electron chi connectivity index (χ3n) is 4.87. The molecular weight excluding hydrogens is 392 g/mol. The number of nitrogens with one attached hydrogen (secondary N) is 2. The Labute approximate surface area is 174 Å². The second-order valence-electron chi connectivity index (χ2n) is 7.26. The van der Waals surface area contributed by atoms with Crippen LogP contribution in [-0.2, 0) is 22.6 Å². The fourth-order valence-corrected chi connectivity index (χ4v) is 2.81. The van der Waals surface area contributed by atoms with E-state index in [1.807, 2.05) is 13.8 Å². The third-order valence-corrected chi connectivity index (χ3v) is 4.87. The summed E-state index contributed by atoms with van der Waals surface area (Å²) < 4.78 is 27.1.